The van der Waals surface area contributed by atoms with E-state index < -0.39 is 6.03 Å². The molecule has 2 amide bonds. The van der Waals surface area contributed by atoms with Gasteiger partial charge in [0.2, 0.25) is 0 Å². The second-order valence-electron chi connectivity index (χ2n) is 4.52. The smallest absolute Gasteiger partial charge is 0.316 e. The standard InChI is InChI=1S/C15H16BrN3O/c1-10-2-3-11(14(16)8-10)9-18-12-4-6-13(7-5-12)19-15(17)20/h2-8,18H,9H2,1H3,(H3,17,19,20). The highest BCUT2D eigenvalue weighted by Gasteiger charge is 2.01. The first-order valence-electron chi connectivity index (χ1n) is 6.20. The summed E-state index contributed by atoms with van der Waals surface area (Å²) >= 11 is 3.56. The Balaban J connectivity index is 1.98. The van der Waals surface area contributed by atoms with Gasteiger partial charge in [0.05, 0.1) is 0 Å². The van der Waals surface area contributed by atoms with Crippen LogP contribution in [0.4, 0.5) is 16.2 Å². The van der Waals surface area contributed by atoms with Gasteiger partial charge >= 0.3 is 6.03 Å². The first-order chi connectivity index (χ1) is 9.54. The van der Waals surface area contributed by atoms with E-state index in [0.29, 0.717) is 5.69 Å². The number of benzene rings is 2. The molecular weight excluding hydrogens is 318 g/mol. The highest BCUT2D eigenvalue weighted by atomic mass is 79.9. The number of carbonyl (C=O) groups excluding carboxylic acids is 1. The molecule has 0 aliphatic rings. The van der Waals surface area contributed by atoms with Crippen LogP contribution in [-0.4, -0.2) is 6.03 Å². The van der Waals surface area contributed by atoms with Gasteiger partial charge in [0.1, 0.15) is 0 Å². The summed E-state index contributed by atoms with van der Waals surface area (Å²) < 4.78 is 1.09. The first kappa shape index (κ1) is 14.4. The highest BCUT2D eigenvalue weighted by Crippen LogP contribution is 2.20. The van der Waals surface area contributed by atoms with Crippen molar-refractivity contribution in [1.29, 1.82) is 0 Å². The summed E-state index contributed by atoms with van der Waals surface area (Å²) in [4.78, 5) is 10.7. The average molecular weight is 334 g/mol. The third-order valence-electron chi connectivity index (χ3n) is 2.84. The third kappa shape index (κ3) is 3.99. The number of anilines is 2. The van der Waals surface area contributed by atoms with Crippen LogP contribution in [0.3, 0.4) is 0 Å². The Morgan fingerprint density at radius 3 is 2.40 bits per heavy atom. The van der Waals surface area contributed by atoms with Crippen molar-refractivity contribution in [2.24, 2.45) is 5.73 Å². The van der Waals surface area contributed by atoms with Crippen LogP contribution in [0.1, 0.15) is 11.1 Å². The van der Waals surface area contributed by atoms with E-state index in [4.69, 9.17) is 5.73 Å². The first-order valence-corrected chi connectivity index (χ1v) is 6.99. The minimum absolute atomic E-state index is 0.561. The zero-order valence-electron chi connectivity index (χ0n) is 11.1. The number of hydrogen-bond donors (Lipinski definition) is 3. The number of carbonyl (C=O) groups is 1. The van der Waals surface area contributed by atoms with Gasteiger partial charge in [0.15, 0.2) is 0 Å². The molecule has 2 aromatic carbocycles. The Bertz CT molecular complexity index is 611. The third-order valence-corrected chi connectivity index (χ3v) is 3.58. The molecule has 0 aromatic heterocycles. The fraction of sp³-hybridized carbons (Fsp3) is 0.133. The number of rotatable bonds is 4. The van der Waals surface area contributed by atoms with Crippen molar-refractivity contribution in [3.63, 3.8) is 0 Å². The average Bonchev–Trinajstić information content (AvgIpc) is 2.39. The molecule has 0 aliphatic carbocycles. The topological polar surface area (TPSA) is 67.2 Å². The van der Waals surface area contributed by atoms with Crippen molar-refractivity contribution < 1.29 is 4.79 Å². The van der Waals surface area contributed by atoms with Crippen molar-refractivity contribution in [3.8, 4) is 0 Å². The zero-order valence-corrected chi connectivity index (χ0v) is 12.7. The molecule has 0 unspecified atom stereocenters. The van der Waals surface area contributed by atoms with Crippen LogP contribution >= 0.6 is 15.9 Å². The maximum absolute atomic E-state index is 10.7. The normalized spacial score (nSPS) is 10.1. The molecule has 0 heterocycles. The lowest BCUT2D eigenvalue weighted by atomic mass is 10.1. The van der Waals surface area contributed by atoms with Gasteiger partial charge in [-0.05, 0) is 48.4 Å². The Hall–Kier alpha value is -2.01. The minimum Gasteiger partial charge on any atom is -0.381 e. The van der Waals surface area contributed by atoms with Gasteiger partial charge in [-0.2, -0.15) is 0 Å². The van der Waals surface area contributed by atoms with Crippen molar-refractivity contribution in [2.75, 3.05) is 10.6 Å². The van der Waals surface area contributed by atoms with E-state index >= 15 is 0 Å². The quantitative estimate of drug-likeness (QED) is 0.795. The highest BCUT2D eigenvalue weighted by molar-refractivity contribution is 9.10. The molecule has 20 heavy (non-hydrogen) atoms. The Morgan fingerprint density at radius 2 is 1.80 bits per heavy atom. The number of nitrogens with one attached hydrogen (secondary N) is 2. The predicted octanol–water partition coefficient (Wildman–Crippen LogP) is 3.86. The molecule has 2 rings (SSSR count). The van der Waals surface area contributed by atoms with Gasteiger partial charge in [-0.1, -0.05) is 28.1 Å². The summed E-state index contributed by atoms with van der Waals surface area (Å²) in [6.45, 7) is 2.79. The molecule has 5 heteroatoms. The molecule has 0 bridgehead atoms. The zero-order chi connectivity index (χ0) is 14.5. The lowest BCUT2D eigenvalue weighted by molar-refractivity contribution is 0.259. The fourth-order valence-corrected chi connectivity index (χ4v) is 2.44. The van der Waals surface area contributed by atoms with Crippen molar-refractivity contribution in [1.82, 2.24) is 0 Å². The number of urea groups is 1. The molecule has 0 fully saturated rings. The molecule has 104 valence electrons. The van der Waals surface area contributed by atoms with Crippen LogP contribution in [0.25, 0.3) is 0 Å². The lowest BCUT2D eigenvalue weighted by Crippen LogP contribution is -2.19. The Kier molecular flexibility index (Phi) is 4.63. The van der Waals surface area contributed by atoms with Gasteiger partial charge in [0.25, 0.3) is 0 Å². The monoisotopic (exact) mass is 333 g/mol. The van der Waals surface area contributed by atoms with E-state index in [0.717, 1.165) is 16.7 Å². The maximum Gasteiger partial charge on any atom is 0.316 e. The molecular formula is C15H16BrN3O. The summed E-state index contributed by atoms with van der Waals surface area (Å²) in [5.41, 5.74) is 9.13. The summed E-state index contributed by atoms with van der Waals surface area (Å²) in [5.74, 6) is 0. The predicted molar refractivity (Wildman–Crippen MR) is 85.9 cm³/mol. The van der Waals surface area contributed by atoms with Crippen LogP contribution in [-0.2, 0) is 6.54 Å². The Morgan fingerprint density at radius 1 is 1.15 bits per heavy atom. The summed E-state index contributed by atoms with van der Waals surface area (Å²) in [6, 6.07) is 13.1. The van der Waals surface area contributed by atoms with Gasteiger partial charge in [0, 0.05) is 22.4 Å². The molecule has 0 spiro atoms. The Labute approximate surface area is 126 Å². The molecule has 2 aromatic rings. The largest absolute Gasteiger partial charge is 0.381 e. The van der Waals surface area contributed by atoms with E-state index in [9.17, 15) is 4.79 Å². The second-order valence-corrected chi connectivity index (χ2v) is 5.37. The van der Waals surface area contributed by atoms with Crippen LogP contribution in [0.5, 0.6) is 0 Å². The number of hydrogen-bond acceptors (Lipinski definition) is 2. The summed E-state index contributed by atoms with van der Waals surface area (Å²) in [6.07, 6.45) is 0. The van der Waals surface area contributed by atoms with Crippen LogP contribution in [0, 0.1) is 6.92 Å². The van der Waals surface area contributed by atoms with Crippen LogP contribution < -0.4 is 16.4 Å². The number of nitrogens with two attached hydrogens (primary N) is 1. The van der Waals surface area contributed by atoms with Gasteiger partial charge in [-0.3, -0.25) is 0 Å². The number of halogens is 1. The van der Waals surface area contributed by atoms with E-state index in [-0.39, 0.29) is 0 Å². The molecule has 4 N–H and O–H groups in total. The molecule has 0 atom stereocenters. The van der Waals surface area contributed by atoms with E-state index in [1.54, 1.807) is 12.1 Å². The summed E-state index contributed by atoms with van der Waals surface area (Å²) in [5, 5.41) is 5.85. The molecule has 0 aliphatic heterocycles. The number of amides is 2. The summed E-state index contributed by atoms with van der Waals surface area (Å²) in [7, 11) is 0. The van der Waals surface area contributed by atoms with Crippen LogP contribution in [0.15, 0.2) is 46.9 Å². The maximum atomic E-state index is 10.7. The fourth-order valence-electron chi connectivity index (χ4n) is 1.81. The molecule has 0 saturated carbocycles. The second kappa shape index (κ2) is 6.43. The molecule has 0 saturated heterocycles. The van der Waals surface area contributed by atoms with Crippen LogP contribution in [0.2, 0.25) is 0 Å². The van der Waals surface area contributed by atoms with E-state index in [2.05, 4.69) is 51.7 Å². The molecule has 4 nitrogen and oxygen atoms in total. The van der Waals surface area contributed by atoms with Crippen molar-refractivity contribution in [3.05, 3.63) is 58.1 Å². The van der Waals surface area contributed by atoms with Crippen molar-refractivity contribution >= 4 is 33.3 Å². The van der Waals surface area contributed by atoms with E-state index in [1.807, 2.05) is 12.1 Å². The van der Waals surface area contributed by atoms with E-state index in [1.165, 1.54) is 11.1 Å². The number of primary amides is 1. The van der Waals surface area contributed by atoms with Gasteiger partial charge in [-0.25, -0.2) is 4.79 Å². The lowest BCUT2D eigenvalue weighted by Gasteiger charge is -2.10. The van der Waals surface area contributed by atoms with Gasteiger partial charge < -0.3 is 16.4 Å². The molecule has 0 radical (unpaired) electrons. The number of aryl methyl sites for hydroxylation is 1. The van der Waals surface area contributed by atoms with Gasteiger partial charge in [-0.15, -0.1) is 0 Å². The van der Waals surface area contributed by atoms with Crippen molar-refractivity contribution in [2.45, 2.75) is 13.5 Å². The SMILES string of the molecule is Cc1ccc(CNc2ccc(NC(N)=O)cc2)c(Br)c1. The minimum atomic E-state index is -0.561.